The molecular weight excluding hydrogens is 306 g/mol. The zero-order valence-electron chi connectivity index (χ0n) is 13.5. The van der Waals surface area contributed by atoms with Gasteiger partial charge in [0, 0.05) is 25.2 Å². The number of hydrogen-bond acceptors (Lipinski definition) is 5. The van der Waals surface area contributed by atoms with Crippen molar-refractivity contribution in [1.29, 1.82) is 0 Å². The molecule has 4 heterocycles. The van der Waals surface area contributed by atoms with Gasteiger partial charge in [0.2, 0.25) is 0 Å². The first-order chi connectivity index (χ1) is 11.2. The summed E-state index contributed by atoms with van der Waals surface area (Å²) in [6.45, 7) is 5.29. The summed E-state index contributed by atoms with van der Waals surface area (Å²) >= 11 is 1.74. The van der Waals surface area contributed by atoms with Crippen LogP contribution in [0.2, 0.25) is 0 Å². The smallest absolute Gasteiger partial charge is 0.150 e. The molecule has 0 saturated heterocycles. The minimum atomic E-state index is 0.243. The van der Waals surface area contributed by atoms with Crippen molar-refractivity contribution >= 4 is 21.6 Å². The van der Waals surface area contributed by atoms with Crippen molar-refractivity contribution in [2.75, 3.05) is 0 Å². The van der Waals surface area contributed by atoms with Gasteiger partial charge in [0.1, 0.15) is 5.82 Å². The Balaban J connectivity index is 1.56. The molecule has 120 valence electrons. The fourth-order valence-corrected chi connectivity index (χ4v) is 3.99. The Hall–Kier alpha value is -1.79. The van der Waals surface area contributed by atoms with Gasteiger partial charge in [0.25, 0.3) is 0 Å². The summed E-state index contributed by atoms with van der Waals surface area (Å²) in [7, 11) is 0. The van der Waals surface area contributed by atoms with Crippen LogP contribution >= 0.6 is 11.3 Å². The van der Waals surface area contributed by atoms with Gasteiger partial charge in [-0.05, 0) is 42.8 Å². The molecule has 1 N–H and O–H groups in total. The van der Waals surface area contributed by atoms with E-state index in [0.717, 1.165) is 43.0 Å². The van der Waals surface area contributed by atoms with Gasteiger partial charge in [-0.2, -0.15) is 5.10 Å². The summed E-state index contributed by atoms with van der Waals surface area (Å²) in [5.74, 6) is 2.04. The van der Waals surface area contributed by atoms with Crippen LogP contribution in [0, 0.1) is 0 Å². The van der Waals surface area contributed by atoms with Gasteiger partial charge in [0.05, 0.1) is 16.3 Å². The third-order valence-electron chi connectivity index (χ3n) is 4.51. The molecule has 0 aromatic carbocycles. The molecule has 23 heavy (non-hydrogen) atoms. The molecule has 0 unspecified atom stereocenters. The van der Waals surface area contributed by atoms with Crippen LogP contribution in [0.15, 0.2) is 23.7 Å². The predicted octanol–water partition coefficient (Wildman–Crippen LogP) is 3.64. The third-order valence-corrected chi connectivity index (χ3v) is 5.36. The number of nitrogens with one attached hydrogen (secondary N) is 1. The average Bonchev–Trinajstić information content (AvgIpc) is 3.20. The van der Waals surface area contributed by atoms with Gasteiger partial charge in [0.15, 0.2) is 5.82 Å². The highest BCUT2D eigenvalue weighted by Gasteiger charge is 2.25. The van der Waals surface area contributed by atoms with E-state index in [1.54, 1.807) is 11.3 Å². The van der Waals surface area contributed by atoms with Crippen LogP contribution in [0.1, 0.15) is 56.0 Å². The van der Waals surface area contributed by atoms with E-state index in [-0.39, 0.29) is 12.1 Å². The van der Waals surface area contributed by atoms with E-state index in [4.69, 9.17) is 4.98 Å². The van der Waals surface area contributed by atoms with Gasteiger partial charge in [-0.15, -0.1) is 11.3 Å². The van der Waals surface area contributed by atoms with E-state index in [1.165, 1.54) is 10.3 Å². The topological polar surface area (TPSA) is 55.6 Å². The molecule has 5 nitrogen and oxygen atoms in total. The number of rotatable bonds is 4. The first-order valence-corrected chi connectivity index (χ1v) is 9.15. The first-order valence-electron chi connectivity index (χ1n) is 8.27. The highest BCUT2D eigenvalue weighted by atomic mass is 32.1. The summed E-state index contributed by atoms with van der Waals surface area (Å²) in [6.07, 6.45) is 5.13. The second-order valence-electron chi connectivity index (χ2n) is 6.12. The van der Waals surface area contributed by atoms with E-state index < -0.39 is 0 Å². The van der Waals surface area contributed by atoms with Crippen LogP contribution in [-0.2, 0) is 13.0 Å². The van der Waals surface area contributed by atoms with Crippen LogP contribution < -0.4 is 5.32 Å². The number of hydrogen-bond donors (Lipinski definition) is 1. The maximum absolute atomic E-state index is 4.71. The van der Waals surface area contributed by atoms with E-state index in [0.29, 0.717) is 0 Å². The lowest BCUT2D eigenvalue weighted by molar-refractivity contribution is 0.344. The summed E-state index contributed by atoms with van der Waals surface area (Å²) in [5, 5.41) is 10.4. The lowest BCUT2D eigenvalue weighted by Gasteiger charge is -2.26. The molecule has 3 aromatic rings. The third kappa shape index (κ3) is 2.77. The highest BCUT2D eigenvalue weighted by molar-refractivity contribution is 7.17. The zero-order chi connectivity index (χ0) is 15.8. The highest BCUT2D eigenvalue weighted by Crippen LogP contribution is 2.28. The average molecular weight is 327 g/mol. The molecule has 0 spiro atoms. The predicted molar refractivity (Wildman–Crippen MR) is 92.5 cm³/mol. The monoisotopic (exact) mass is 327 g/mol. The molecule has 1 aliphatic heterocycles. The van der Waals surface area contributed by atoms with E-state index in [1.807, 2.05) is 6.20 Å². The molecule has 0 amide bonds. The summed E-state index contributed by atoms with van der Waals surface area (Å²) in [5.41, 5.74) is 2.31. The van der Waals surface area contributed by atoms with Crippen LogP contribution in [0.4, 0.5) is 0 Å². The molecule has 0 radical (unpaired) electrons. The van der Waals surface area contributed by atoms with Crippen molar-refractivity contribution in [2.24, 2.45) is 0 Å². The fraction of sp³-hybridized carbons (Fsp3) is 0.471. The molecule has 3 aromatic heterocycles. The van der Waals surface area contributed by atoms with Gasteiger partial charge in [-0.3, -0.25) is 4.98 Å². The zero-order valence-corrected chi connectivity index (χ0v) is 14.3. The summed E-state index contributed by atoms with van der Waals surface area (Å²) in [6, 6.07) is 4.82. The van der Waals surface area contributed by atoms with Crippen LogP contribution in [0.25, 0.3) is 10.2 Å². The minimum Gasteiger partial charge on any atom is -0.301 e. The van der Waals surface area contributed by atoms with E-state index in [9.17, 15) is 0 Å². The lowest BCUT2D eigenvalue weighted by atomic mass is 10.0. The summed E-state index contributed by atoms with van der Waals surface area (Å²) < 4.78 is 3.32. The van der Waals surface area contributed by atoms with Crippen molar-refractivity contribution < 1.29 is 0 Å². The Morgan fingerprint density at radius 3 is 3.26 bits per heavy atom. The Kier molecular flexibility index (Phi) is 3.87. The van der Waals surface area contributed by atoms with Crippen molar-refractivity contribution in [2.45, 2.75) is 51.7 Å². The Bertz CT molecular complexity index is 821. The van der Waals surface area contributed by atoms with Crippen molar-refractivity contribution in [3.8, 4) is 0 Å². The maximum Gasteiger partial charge on any atom is 0.150 e. The molecular formula is C17H21N5S. The molecule has 1 aliphatic rings. The number of fused-ring (bicyclic) bond motifs is 2. The number of aryl methyl sites for hydroxylation is 2. The molecule has 0 bridgehead atoms. The van der Waals surface area contributed by atoms with Crippen LogP contribution in [0.5, 0.6) is 0 Å². The quantitative estimate of drug-likeness (QED) is 0.795. The Labute approximate surface area is 139 Å². The van der Waals surface area contributed by atoms with Gasteiger partial charge in [-0.1, -0.05) is 6.92 Å². The minimum absolute atomic E-state index is 0.243. The molecule has 6 heteroatoms. The number of aromatic nitrogens is 4. The second-order valence-corrected chi connectivity index (χ2v) is 7.07. The Morgan fingerprint density at radius 2 is 2.39 bits per heavy atom. The second kappa shape index (κ2) is 6.02. The van der Waals surface area contributed by atoms with Crippen LogP contribution in [-0.4, -0.2) is 19.7 Å². The number of thiophene rings is 1. The summed E-state index contributed by atoms with van der Waals surface area (Å²) in [4.78, 5) is 9.27. The normalized spacial score (nSPS) is 19.0. The van der Waals surface area contributed by atoms with E-state index in [2.05, 4.69) is 51.4 Å². The molecule has 4 rings (SSSR count). The molecule has 0 fully saturated rings. The first kappa shape index (κ1) is 14.8. The number of nitrogens with zero attached hydrogens (tertiary/aromatic N) is 4. The molecule has 0 saturated carbocycles. The van der Waals surface area contributed by atoms with Gasteiger partial charge in [-0.25, -0.2) is 9.67 Å². The fourth-order valence-electron chi connectivity index (χ4n) is 3.20. The Morgan fingerprint density at radius 1 is 1.48 bits per heavy atom. The maximum atomic E-state index is 4.71. The van der Waals surface area contributed by atoms with Gasteiger partial charge < -0.3 is 5.32 Å². The number of pyridine rings is 1. The van der Waals surface area contributed by atoms with Crippen LogP contribution in [0.3, 0.4) is 0 Å². The lowest BCUT2D eigenvalue weighted by Crippen LogP contribution is -2.30. The largest absolute Gasteiger partial charge is 0.301 e. The van der Waals surface area contributed by atoms with Crippen molar-refractivity contribution in [3.63, 3.8) is 0 Å². The van der Waals surface area contributed by atoms with Gasteiger partial charge >= 0.3 is 0 Å². The van der Waals surface area contributed by atoms with Crippen molar-refractivity contribution in [1.82, 2.24) is 25.1 Å². The standard InChI is InChI=1S/C17H21N5S/c1-3-16-20-17-14(5-4-7-22(17)21-16)19-11(2)12-9-15-13(18-10-12)6-8-23-15/h6,8-11,14,19H,3-5,7H2,1-2H3/t11-,14+/m0/s1. The van der Waals surface area contributed by atoms with E-state index >= 15 is 0 Å². The molecule has 0 aliphatic carbocycles. The van der Waals surface area contributed by atoms with Crippen molar-refractivity contribution in [3.05, 3.63) is 40.9 Å². The molecule has 2 atom stereocenters. The SMILES string of the molecule is CCc1nc2n(n1)CCC[C@H]2N[C@@H](C)c1cnc2ccsc2c1.